The Morgan fingerprint density at radius 2 is 0.700 bits per heavy atom. The molecule has 60 valence electrons. The van der Waals surface area contributed by atoms with Crippen molar-refractivity contribution >= 4 is 34.1 Å². The summed E-state index contributed by atoms with van der Waals surface area (Å²) in [6.45, 7) is 13.6. The monoisotopic (exact) mass is 189 g/mol. The molecular weight excluding hydrogens is 169 g/mol. The normalized spacial score (nSPS) is 7.70. The van der Waals surface area contributed by atoms with Crippen LogP contribution in [0.5, 0.6) is 0 Å². The second-order valence-electron chi connectivity index (χ2n) is 3.00. The van der Waals surface area contributed by atoms with E-state index in [0.29, 0.717) is 0 Å². The first kappa shape index (κ1) is 17.1. The molecule has 0 spiro atoms. The Morgan fingerprint density at radius 3 is 0.700 bits per heavy atom. The zero-order valence-electron chi connectivity index (χ0n) is 8.15. The SMILES string of the molecule is C[Si](C)C.C[Si](C)C.[NH2][Al]. The van der Waals surface area contributed by atoms with Gasteiger partial charge in [0.05, 0.1) is 0 Å². The lowest BCUT2D eigenvalue weighted by atomic mass is 11.8. The van der Waals surface area contributed by atoms with Crippen LogP contribution in [0.3, 0.4) is 0 Å². The maximum absolute atomic E-state index is 4.42. The first-order valence-electron chi connectivity index (χ1n) is 3.33. The van der Waals surface area contributed by atoms with Crippen LogP contribution < -0.4 is 4.72 Å². The molecule has 4 radical (unpaired) electrons. The van der Waals surface area contributed by atoms with Gasteiger partial charge in [-0.15, -0.1) is 0 Å². The summed E-state index contributed by atoms with van der Waals surface area (Å²) in [6, 6.07) is 0. The summed E-state index contributed by atoms with van der Waals surface area (Å²) in [5.41, 5.74) is 0. The number of hydrogen-bond acceptors (Lipinski definition) is 1. The van der Waals surface area contributed by atoms with E-state index in [4.69, 9.17) is 0 Å². The van der Waals surface area contributed by atoms with Crippen LogP contribution in [0.4, 0.5) is 0 Å². The van der Waals surface area contributed by atoms with Gasteiger partial charge in [0.25, 0.3) is 0 Å². The highest BCUT2D eigenvalue weighted by Crippen LogP contribution is 1.68. The number of hydrogen-bond donors (Lipinski definition) is 1. The van der Waals surface area contributed by atoms with Crippen LogP contribution in [0.2, 0.25) is 39.3 Å². The van der Waals surface area contributed by atoms with E-state index in [1.54, 1.807) is 0 Å². The lowest BCUT2D eigenvalue weighted by molar-refractivity contribution is 1.91. The minimum Gasteiger partial charge on any atom is -0.428 e. The van der Waals surface area contributed by atoms with Crippen molar-refractivity contribution in [3.8, 4) is 0 Å². The van der Waals surface area contributed by atoms with Crippen LogP contribution in [-0.2, 0) is 0 Å². The third-order valence-corrected chi connectivity index (χ3v) is 0. The Morgan fingerprint density at radius 1 is 0.700 bits per heavy atom. The van der Waals surface area contributed by atoms with E-state index in [0.717, 1.165) is 0 Å². The first-order chi connectivity index (χ1) is 4.46. The molecule has 0 amide bonds. The molecule has 0 unspecified atom stereocenters. The molecule has 0 fully saturated rings. The van der Waals surface area contributed by atoms with E-state index in [1.807, 2.05) is 16.5 Å². The van der Waals surface area contributed by atoms with Crippen molar-refractivity contribution in [2.24, 2.45) is 4.72 Å². The number of rotatable bonds is 0. The van der Waals surface area contributed by atoms with Gasteiger partial charge in [0, 0.05) is 17.6 Å². The number of nitrogens with two attached hydrogens (primary N) is 1. The molecule has 0 atom stereocenters. The lowest BCUT2D eigenvalue weighted by Crippen LogP contribution is -1.84. The van der Waals surface area contributed by atoms with Crippen LogP contribution in [0.25, 0.3) is 0 Å². The minimum absolute atomic E-state index is 0.120. The Kier molecular flexibility index (Phi) is 28.3. The summed E-state index contributed by atoms with van der Waals surface area (Å²) in [5.74, 6) is 0. The van der Waals surface area contributed by atoms with Crippen LogP contribution in [0.15, 0.2) is 0 Å². The minimum atomic E-state index is 0.120. The van der Waals surface area contributed by atoms with Gasteiger partial charge in [0.15, 0.2) is 0 Å². The van der Waals surface area contributed by atoms with Crippen molar-refractivity contribution in [1.29, 1.82) is 0 Å². The second kappa shape index (κ2) is 16.5. The van der Waals surface area contributed by atoms with Gasteiger partial charge in [-0.05, 0) is 0 Å². The molecule has 10 heavy (non-hydrogen) atoms. The van der Waals surface area contributed by atoms with Gasteiger partial charge in [0.1, 0.15) is 0 Å². The molecule has 0 rings (SSSR count). The van der Waals surface area contributed by atoms with Crippen molar-refractivity contribution in [1.82, 2.24) is 0 Å². The largest absolute Gasteiger partial charge is 0.428 e. The van der Waals surface area contributed by atoms with Crippen LogP contribution in [-0.4, -0.2) is 34.1 Å². The van der Waals surface area contributed by atoms with Crippen molar-refractivity contribution in [3.05, 3.63) is 0 Å². The molecule has 0 bridgehead atoms. The predicted molar refractivity (Wildman–Crippen MR) is 56.6 cm³/mol. The zero-order chi connectivity index (χ0) is 9.15. The van der Waals surface area contributed by atoms with Gasteiger partial charge in [-0.1, -0.05) is 39.3 Å². The summed E-state index contributed by atoms with van der Waals surface area (Å²) in [4.78, 5) is 0. The summed E-state index contributed by atoms with van der Waals surface area (Å²) in [7, 11) is 0.241. The Balaban J connectivity index is -0.0000000787. The van der Waals surface area contributed by atoms with Crippen LogP contribution in [0.1, 0.15) is 0 Å². The fourth-order valence-electron chi connectivity index (χ4n) is 0. The van der Waals surface area contributed by atoms with Crippen molar-refractivity contribution in [2.75, 3.05) is 0 Å². The standard InChI is InChI=1S/2C3H9Si.Al.H2N/c2*1-4(2)3;;/h2*1-3H3;;1H2/q;;+1;-1. The molecule has 0 aromatic carbocycles. The van der Waals surface area contributed by atoms with Gasteiger partial charge in [-0.3, -0.25) is 0 Å². The third-order valence-electron chi connectivity index (χ3n) is 0. The molecule has 2 N–H and O–H groups in total. The van der Waals surface area contributed by atoms with Gasteiger partial charge >= 0.3 is 0 Å². The Bertz CT molecular complexity index is 31.2. The van der Waals surface area contributed by atoms with Crippen molar-refractivity contribution < 1.29 is 0 Å². The molecular formula is C6H20AlNSi2. The van der Waals surface area contributed by atoms with E-state index in [9.17, 15) is 0 Å². The van der Waals surface area contributed by atoms with Crippen LogP contribution in [0, 0.1) is 0 Å². The summed E-state index contributed by atoms with van der Waals surface area (Å²) < 4.78 is 4.42. The molecule has 0 aliphatic rings. The van der Waals surface area contributed by atoms with Gasteiger partial charge < -0.3 is 4.72 Å². The Labute approximate surface area is 78.3 Å². The first-order valence-corrected chi connectivity index (χ1v) is 10.0. The second-order valence-corrected chi connectivity index (χ2v) is 9.00. The van der Waals surface area contributed by atoms with Crippen LogP contribution >= 0.6 is 0 Å². The maximum Gasteiger partial charge on any atom is 0.247 e. The molecule has 0 aliphatic carbocycles. The van der Waals surface area contributed by atoms with Gasteiger partial charge in [0.2, 0.25) is 16.5 Å². The third kappa shape index (κ3) is 654. The quantitative estimate of drug-likeness (QED) is 0.578. The van der Waals surface area contributed by atoms with E-state index in [-0.39, 0.29) is 17.6 Å². The topological polar surface area (TPSA) is 26.0 Å². The molecule has 0 aromatic rings. The van der Waals surface area contributed by atoms with E-state index >= 15 is 0 Å². The molecule has 4 heteroatoms. The molecule has 0 saturated carbocycles. The highest BCUT2D eigenvalue weighted by Gasteiger charge is 1.72. The smallest absolute Gasteiger partial charge is 0.247 e. The molecule has 0 aliphatic heterocycles. The van der Waals surface area contributed by atoms with E-state index < -0.39 is 0 Å². The zero-order valence-corrected chi connectivity index (χ0v) is 11.3. The average Bonchev–Trinajstić information content (AvgIpc) is 1.66. The molecule has 1 nitrogen and oxygen atoms in total. The average molecular weight is 189 g/mol. The molecule has 0 aromatic heterocycles. The summed E-state index contributed by atoms with van der Waals surface area (Å²) in [6.07, 6.45) is 0. The summed E-state index contributed by atoms with van der Waals surface area (Å²) in [5, 5.41) is 0. The predicted octanol–water partition coefficient (Wildman–Crippen LogP) is 1.77. The fourth-order valence-corrected chi connectivity index (χ4v) is 0. The summed E-state index contributed by atoms with van der Waals surface area (Å²) >= 11 is 1.92. The fraction of sp³-hybridized carbons (Fsp3) is 1.00. The van der Waals surface area contributed by atoms with Crippen molar-refractivity contribution in [2.45, 2.75) is 39.3 Å². The van der Waals surface area contributed by atoms with E-state index in [1.165, 1.54) is 0 Å². The van der Waals surface area contributed by atoms with E-state index in [2.05, 4.69) is 44.0 Å². The Hall–Kier alpha value is 0.926. The van der Waals surface area contributed by atoms with Gasteiger partial charge in [-0.25, -0.2) is 0 Å². The molecule has 0 heterocycles. The highest BCUT2D eigenvalue weighted by molar-refractivity contribution is 6.54. The highest BCUT2D eigenvalue weighted by atomic mass is 28.3. The molecule has 0 saturated heterocycles. The lowest BCUT2D eigenvalue weighted by Gasteiger charge is -1.75. The maximum atomic E-state index is 4.42. The van der Waals surface area contributed by atoms with Crippen molar-refractivity contribution in [3.63, 3.8) is 0 Å². The van der Waals surface area contributed by atoms with Gasteiger partial charge in [-0.2, -0.15) is 0 Å².